The van der Waals surface area contributed by atoms with E-state index in [9.17, 15) is 10.1 Å². The van der Waals surface area contributed by atoms with Crippen molar-refractivity contribution in [2.24, 2.45) is 5.73 Å². The van der Waals surface area contributed by atoms with Crippen molar-refractivity contribution in [1.82, 2.24) is 4.98 Å². The molecule has 0 saturated heterocycles. The zero-order chi connectivity index (χ0) is 14.5. The first-order chi connectivity index (χ1) is 9.63. The number of hydrogen-bond acceptors (Lipinski definition) is 5. The number of anilines is 1. The van der Waals surface area contributed by atoms with E-state index >= 15 is 0 Å². The maximum Gasteiger partial charge on any atom is 0.311 e. The smallest absolute Gasteiger partial charge is 0.311 e. The first-order valence-corrected chi connectivity index (χ1v) is 7.25. The Morgan fingerprint density at radius 1 is 1.45 bits per heavy atom. The highest BCUT2D eigenvalue weighted by molar-refractivity contribution is 5.58. The molecule has 0 aliphatic heterocycles. The van der Waals surface area contributed by atoms with Crippen molar-refractivity contribution >= 4 is 11.5 Å². The summed E-state index contributed by atoms with van der Waals surface area (Å²) in [6.07, 6.45) is 6.48. The van der Waals surface area contributed by atoms with Crippen molar-refractivity contribution in [3.63, 3.8) is 0 Å². The molecular weight excluding hydrogens is 256 g/mol. The molecule has 20 heavy (non-hydrogen) atoms. The lowest BCUT2D eigenvalue weighted by molar-refractivity contribution is -0.384. The van der Waals surface area contributed by atoms with Gasteiger partial charge in [-0.2, -0.15) is 0 Å². The third-order valence-corrected chi connectivity index (χ3v) is 3.88. The molecule has 0 spiro atoms. The highest BCUT2D eigenvalue weighted by Gasteiger charge is 2.29. The number of aromatic nitrogens is 1. The Hall–Kier alpha value is -1.69. The SMILES string of the molecule is CCCN(c1ncccc1[N+](=O)[O-])C1CCC(N)CC1. The van der Waals surface area contributed by atoms with Crippen molar-refractivity contribution in [3.05, 3.63) is 28.4 Å². The van der Waals surface area contributed by atoms with Crippen LogP contribution in [-0.4, -0.2) is 28.5 Å². The van der Waals surface area contributed by atoms with Crippen LogP contribution in [0.25, 0.3) is 0 Å². The lowest BCUT2D eigenvalue weighted by atomic mass is 9.90. The summed E-state index contributed by atoms with van der Waals surface area (Å²) in [5.74, 6) is 0.500. The summed E-state index contributed by atoms with van der Waals surface area (Å²) in [5, 5.41) is 11.2. The Balaban J connectivity index is 2.26. The summed E-state index contributed by atoms with van der Waals surface area (Å²) in [5.41, 5.74) is 6.04. The average molecular weight is 278 g/mol. The van der Waals surface area contributed by atoms with E-state index in [2.05, 4.69) is 16.8 Å². The zero-order valence-corrected chi connectivity index (χ0v) is 11.9. The first-order valence-electron chi connectivity index (χ1n) is 7.25. The van der Waals surface area contributed by atoms with Crippen LogP contribution in [0.15, 0.2) is 18.3 Å². The maximum atomic E-state index is 11.2. The van der Waals surface area contributed by atoms with Gasteiger partial charge in [0, 0.05) is 30.9 Å². The number of nitrogens with two attached hydrogens (primary N) is 1. The molecule has 0 atom stereocenters. The molecule has 1 aliphatic rings. The molecule has 6 heteroatoms. The van der Waals surface area contributed by atoms with E-state index in [1.165, 1.54) is 6.07 Å². The third kappa shape index (κ3) is 3.25. The number of rotatable bonds is 5. The molecule has 1 saturated carbocycles. The number of nitro groups is 1. The van der Waals surface area contributed by atoms with Gasteiger partial charge in [0.15, 0.2) is 0 Å². The highest BCUT2D eigenvalue weighted by atomic mass is 16.6. The second-order valence-corrected chi connectivity index (χ2v) is 5.37. The van der Waals surface area contributed by atoms with Crippen molar-refractivity contribution in [2.45, 2.75) is 51.1 Å². The topological polar surface area (TPSA) is 85.3 Å². The van der Waals surface area contributed by atoms with Crippen molar-refractivity contribution < 1.29 is 4.92 Å². The normalized spacial score (nSPS) is 22.5. The molecule has 1 aromatic rings. The van der Waals surface area contributed by atoms with Gasteiger partial charge in [-0.25, -0.2) is 4.98 Å². The van der Waals surface area contributed by atoms with E-state index in [0.29, 0.717) is 11.9 Å². The summed E-state index contributed by atoms with van der Waals surface area (Å²) in [4.78, 5) is 17.2. The first kappa shape index (κ1) is 14.7. The van der Waals surface area contributed by atoms with Gasteiger partial charge in [-0.05, 0) is 38.2 Å². The van der Waals surface area contributed by atoms with Gasteiger partial charge in [-0.1, -0.05) is 6.92 Å². The van der Waals surface area contributed by atoms with Gasteiger partial charge in [0.2, 0.25) is 5.82 Å². The van der Waals surface area contributed by atoms with Crippen LogP contribution in [0.3, 0.4) is 0 Å². The maximum absolute atomic E-state index is 11.2. The molecule has 2 N–H and O–H groups in total. The predicted octanol–water partition coefficient (Wildman–Crippen LogP) is 2.48. The van der Waals surface area contributed by atoms with E-state index < -0.39 is 0 Å². The van der Waals surface area contributed by atoms with Crippen molar-refractivity contribution in [3.8, 4) is 0 Å². The van der Waals surface area contributed by atoms with E-state index in [0.717, 1.165) is 38.6 Å². The number of nitrogens with zero attached hydrogens (tertiary/aromatic N) is 3. The molecule has 1 aromatic heterocycles. The standard InChI is InChI=1S/C14H22N4O2/c1-2-10-17(12-7-5-11(15)6-8-12)14-13(18(19)20)4-3-9-16-14/h3-4,9,11-12H,2,5-8,10,15H2,1H3. The summed E-state index contributed by atoms with van der Waals surface area (Å²) in [6, 6.07) is 3.72. The van der Waals surface area contributed by atoms with Crippen LogP contribution in [0.5, 0.6) is 0 Å². The second kappa shape index (κ2) is 6.65. The van der Waals surface area contributed by atoms with Gasteiger partial charge >= 0.3 is 5.69 Å². The fraction of sp³-hybridized carbons (Fsp3) is 0.643. The van der Waals surface area contributed by atoms with Gasteiger partial charge in [0.1, 0.15) is 0 Å². The minimum Gasteiger partial charge on any atom is -0.348 e. The number of hydrogen-bond donors (Lipinski definition) is 1. The van der Waals surface area contributed by atoms with Crippen LogP contribution in [-0.2, 0) is 0 Å². The molecule has 0 amide bonds. The van der Waals surface area contributed by atoms with Crippen LogP contribution in [0.1, 0.15) is 39.0 Å². The van der Waals surface area contributed by atoms with Gasteiger partial charge < -0.3 is 10.6 Å². The minimum atomic E-state index is -0.348. The predicted molar refractivity (Wildman–Crippen MR) is 78.8 cm³/mol. The summed E-state index contributed by atoms with van der Waals surface area (Å²) < 4.78 is 0. The number of pyridine rings is 1. The molecule has 0 aromatic carbocycles. The Morgan fingerprint density at radius 3 is 2.75 bits per heavy atom. The summed E-state index contributed by atoms with van der Waals surface area (Å²) in [6.45, 7) is 2.87. The van der Waals surface area contributed by atoms with Gasteiger partial charge in [-0.3, -0.25) is 10.1 Å². The molecule has 0 unspecified atom stereocenters. The van der Waals surface area contributed by atoms with E-state index in [1.807, 2.05) is 0 Å². The Morgan fingerprint density at radius 2 is 2.15 bits per heavy atom. The molecule has 2 rings (SSSR count). The summed E-state index contributed by atoms with van der Waals surface area (Å²) in [7, 11) is 0. The zero-order valence-electron chi connectivity index (χ0n) is 11.9. The monoisotopic (exact) mass is 278 g/mol. The fourth-order valence-corrected chi connectivity index (χ4v) is 2.87. The largest absolute Gasteiger partial charge is 0.348 e. The Labute approximate surface area is 119 Å². The molecule has 1 aliphatic carbocycles. The van der Waals surface area contributed by atoms with Crippen LogP contribution in [0, 0.1) is 10.1 Å². The van der Waals surface area contributed by atoms with Crippen LogP contribution in [0.4, 0.5) is 11.5 Å². The summed E-state index contributed by atoms with van der Waals surface area (Å²) >= 11 is 0. The fourth-order valence-electron chi connectivity index (χ4n) is 2.87. The van der Waals surface area contributed by atoms with Crippen LogP contribution >= 0.6 is 0 Å². The molecule has 1 fully saturated rings. The average Bonchev–Trinajstić information content (AvgIpc) is 2.46. The van der Waals surface area contributed by atoms with Crippen molar-refractivity contribution in [1.29, 1.82) is 0 Å². The van der Waals surface area contributed by atoms with Crippen molar-refractivity contribution in [2.75, 3.05) is 11.4 Å². The second-order valence-electron chi connectivity index (χ2n) is 5.37. The van der Waals surface area contributed by atoms with Crippen LogP contribution < -0.4 is 10.6 Å². The minimum absolute atomic E-state index is 0.0934. The molecule has 110 valence electrons. The van der Waals surface area contributed by atoms with Gasteiger partial charge in [-0.15, -0.1) is 0 Å². The molecule has 6 nitrogen and oxygen atoms in total. The molecule has 0 bridgehead atoms. The van der Waals surface area contributed by atoms with E-state index in [4.69, 9.17) is 5.73 Å². The van der Waals surface area contributed by atoms with E-state index in [-0.39, 0.29) is 16.7 Å². The van der Waals surface area contributed by atoms with Gasteiger partial charge in [0.05, 0.1) is 4.92 Å². The molecule has 1 heterocycles. The Bertz CT molecular complexity index is 458. The Kier molecular flexibility index (Phi) is 4.89. The molecular formula is C14H22N4O2. The lowest BCUT2D eigenvalue weighted by Gasteiger charge is -2.36. The molecule has 0 radical (unpaired) electrons. The quantitative estimate of drug-likeness (QED) is 0.660. The highest BCUT2D eigenvalue weighted by Crippen LogP contribution is 2.31. The van der Waals surface area contributed by atoms with Gasteiger partial charge in [0.25, 0.3) is 0 Å². The van der Waals surface area contributed by atoms with Crippen LogP contribution in [0.2, 0.25) is 0 Å². The lowest BCUT2D eigenvalue weighted by Crippen LogP contribution is -2.42. The van der Waals surface area contributed by atoms with E-state index in [1.54, 1.807) is 12.3 Å². The third-order valence-electron chi connectivity index (χ3n) is 3.88.